The van der Waals surface area contributed by atoms with E-state index in [2.05, 4.69) is 41.7 Å². The first-order valence-electron chi connectivity index (χ1n) is 7.43. The number of thiazole rings is 1. The van der Waals surface area contributed by atoms with Gasteiger partial charge in [-0.3, -0.25) is 4.79 Å². The summed E-state index contributed by atoms with van der Waals surface area (Å²) in [5.74, 6) is 2.27. The summed E-state index contributed by atoms with van der Waals surface area (Å²) in [6.45, 7) is 6.33. The Balaban J connectivity index is 1.69. The molecule has 1 aromatic carbocycles. The molecule has 5 heteroatoms. The van der Waals surface area contributed by atoms with Crippen LogP contribution < -0.4 is 5.32 Å². The Kier molecular flexibility index (Phi) is 6.46. The van der Waals surface area contributed by atoms with E-state index in [0.717, 1.165) is 27.9 Å². The quantitative estimate of drug-likeness (QED) is 0.737. The summed E-state index contributed by atoms with van der Waals surface area (Å²) in [6, 6.07) is 8.08. The maximum Gasteiger partial charge on any atom is 0.225 e. The van der Waals surface area contributed by atoms with Crippen LogP contribution in [0.2, 0.25) is 0 Å². The average molecular weight is 335 g/mol. The Morgan fingerprint density at radius 2 is 2.05 bits per heavy atom. The van der Waals surface area contributed by atoms with Gasteiger partial charge < -0.3 is 5.32 Å². The second kappa shape index (κ2) is 8.34. The predicted octanol–water partition coefficient (Wildman–Crippen LogP) is 4.84. The van der Waals surface area contributed by atoms with E-state index in [9.17, 15) is 4.79 Å². The van der Waals surface area contributed by atoms with Gasteiger partial charge in [-0.2, -0.15) is 11.8 Å². The molecule has 1 heterocycles. The van der Waals surface area contributed by atoms with E-state index >= 15 is 0 Å². The molecule has 0 aliphatic rings. The van der Waals surface area contributed by atoms with Crippen molar-refractivity contribution in [1.29, 1.82) is 0 Å². The van der Waals surface area contributed by atoms with Gasteiger partial charge in [-0.25, -0.2) is 4.98 Å². The number of thioether (sulfide) groups is 1. The van der Waals surface area contributed by atoms with Gasteiger partial charge in [-0.1, -0.05) is 26.0 Å². The lowest BCUT2D eigenvalue weighted by atomic mass is 10.0. The van der Waals surface area contributed by atoms with Crippen molar-refractivity contribution in [2.45, 2.75) is 38.9 Å². The molecule has 0 spiro atoms. The minimum atomic E-state index is 0.0688. The number of amides is 1. The maximum atomic E-state index is 11.9. The molecule has 2 rings (SSSR count). The van der Waals surface area contributed by atoms with E-state index in [1.165, 1.54) is 5.56 Å². The first-order valence-corrected chi connectivity index (χ1v) is 9.46. The molecule has 22 heavy (non-hydrogen) atoms. The summed E-state index contributed by atoms with van der Waals surface area (Å²) in [5.41, 5.74) is 3.26. The molecule has 0 atom stereocenters. The summed E-state index contributed by atoms with van der Waals surface area (Å²) >= 11 is 3.42. The highest BCUT2D eigenvalue weighted by atomic mass is 32.2. The Morgan fingerprint density at radius 1 is 1.32 bits per heavy atom. The van der Waals surface area contributed by atoms with Crippen LogP contribution in [-0.4, -0.2) is 16.6 Å². The lowest BCUT2D eigenvalue weighted by Gasteiger charge is -2.08. The number of hydrogen-bond acceptors (Lipinski definition) is 4. The molecule has 1 N–H and O–H groups in total. The molecule has 0 radical (unpaired) electrons. The Labute approximate surface area is 140 Å². The molecular formula is C17H22N2OS2. The van der Waals surface area contributed by atoms with Crippen LogP contribution in [0.15, 0.2) is 29.6 Å². The highest BCUT2D eigenvalue weighted by Crippen LogP contribution is 2.18. The van der Waals surface area contributed by atoms with E-state index < -0.39 is 0 Å². The molecular weight excluding hydrogens is 312 g/mol. The fourth-order valence-electron chi connectivity index (χ4n) is 1.99. The van der Waals surface area contributed by atoms with Crippen LogP contribution in [0.1, 0.15) is 42.5 Å². The topological polar surface area (TPSA) is 42.0 Å². The second-order valence-corrected chi connectivity index (χ2v) is 7.65. The fraction of sp³-hybridized carbons (Fsp3) is 0.412. The number of aryl methyl sites for hydroxylation is 1. The summed E-state index contributed by atoms with van der Waals surface area (Å²) in [5, 5.41) is 6.12. The standard InChI is InChI=1S/C17H22N2OS2/c1-12(2)14-4-6-15(7-5-14)19-17(20)8-9-21-10-16-11-22-13(3)18-16/h4-7,11-12H,8-10H2,1-3H3,(H,19,20). The number of carbonyl (C=O) groups excluding carboxylic acids is 1. The van der Waals surface area contributed by atoms with Crippen molar-refractivity contribution in [1.82, 2.24) is 4.98 Å². The van der Waals surface area contributed by atoms with Gasteiger partial charge >= 0.3 is 0 Å². The molecule has 1 aromatic heterocycles. The fourth-order valence-corrected chi connectivity index (χ4v) is 3.54. The van der Waals surface area contributed by atoms with Crippen molar-refractivity contribution in [3.8, 4) is 0 Å². The Bertz CT molecular complexity index is 605. The zero-order valence-electron chi connectivity index (χ0n) is 13.3. The monoisotopic (exact) mass is 334 g/mol. The first kappa shape index (κ1) is 17.0. The second-order valence-electron chi connectivity index (χ2n) is 5.49. The van der Waals surface area contributed by atoms with E-state index in [-0.39, 0.29) is 5.91 Å². The van der Waals surface area contributed by atoms with Gasteiger partial charge in [0.25, 0.3) is 0 Å². The highest BCUT2D eigenvalue weighted by Gasteiger charge is 2.05. The number of rotatable bonds is 7. The zero-order valence-corrected chi connectivity index (χ0v) is 14.9. The lowest BCUT2D eigenvalue weighted by Crippen LogP contribution is -2.12. The van der Waals surface area contributed by atoms with Crippen LogP contribution in [0.25, 0.3) is 0 Å². The number of nitrogens with zero attached hydrogens (tertiary/aromatic N) is 1. The van der Waals surface area contributed by atoms with Crippen LogP contribution in [-0.2, 0) is 10.5 Å². The van der Waals surface area contributed by atoms with Crippen molar-refractivity contribution < 1.29 is 4.79 Å². The summed E-state index contributed by atoms with van der Waals surface area (Å²) < 4.78 is 0. The Morgan fingerprint density at radius 3 is 2.64 bits per heavy atom. The summed E-state index contributed by atoms with van der Waals surface area (Å²) in [4.78, 5) is 16.3. The Hall–Kier alpha value is -1.33. The molecule has 1 amide bonds. The minimum Gasteiger partial charge on any atom is -0.326 e. The van der Waals surface area contributed by atoms with Gasteiger partial charge in [-0.15, -0.1) is 11.3 Å². The number of anilines is 1. The normalized spacial score (nSPS) is 10.9. The third-order valence-corrected chi connectivity index (χ3v) is 5.07. The molecule has 0 bridgehead atoms. The number of hydrogen-bond donors (Lipinski definition) is 1. The highest BCUT2D eigenvalue weighted by molar-refractivity contribution is 7.98. The van der Waals surface area contributed by atoms with E-state index in [0.29, 0.717) is 12.3 Å². The number of benzene rings is 1. The minimum absolute atomic E-state index is 0.0688. The van der Waals surface area contributed by atoms with Crippen molar-refractivity contribution in [3.05, 3.63) is 45.9 Å². The van der Waals surface area contributed by atoms with Gasteiger partial charge in [0, 0.05) is 29.0 Å². The summed E-state index contributed by atoms with van der Waals surface area (Å²) in [7, 11) is 0. The molecule has 2 aromatic rings. The number of nitrogens with one attached hydrogen (secondary N) is 1. The smallest absolute Gasteiger partial charge is 0.225 e. The molecule has 0 saturated heterocycles. The van der Waals surface area contributed by atoms with E-state index in [1.54, 1.807) is 23.1 Å². The molecule has 0 saturated carbocycles. The zero-order chi connectivity index (χ0) is 15.9. The van der Waals surface area contributed by atoms with Crippen LogP contribution in [0.4, 0.5) is 5.69 Å². The van der Waals surface area contributed by atoms with Gasteiger partial charge in [-0.05, 0) is 30.5 Å². The van der Waals surface area contributed by atoms with Crippen molar-refractivity contribution in [3.63, 3.8) is 0 Å². The molecule has 3 nitrogen and oxygen atoms in total. The molecule has 0 aliphatic carbocycles. The SMILES string of the molecule is Cc1nc(CSCCC(=O)Nc2ccc(C(C)C)cc2)cs1. The number of aromatic nitrogens is 1. The predicted molar refractivity (Wildman–Crippen MR) is 96.8 cm³/mol. The molecule has 0 unspecified atom stereocenters. The van der Waals surface area contributed by atoms with Gasteiger partial charge in [0.15, 0.2) is 0 Å². The third kappa shape index (κ3) is 5.46. The van der Waals surface area contributed by atoms with Crippen molar-refractivity contribution in [2.24, 2.45) is 0 Å². The lowest BCUT2D eigenvalue weighted by molar-refractivity contribution is -0.115. The summed E-state index contributed by atoms with van der Waals surface area (Å²) in [6.07, 6.45) is 0.527. The van der Waals surface area contributed by atoms with Gasteiger partial charge in [0.1, 0.15) is 0 Å². The van der Waals surface area contributed by atoms with Crippen LogP contribution in [0.3, 0.4) is 0 Å². The largest absolute Gasteiger partial charge is 0.326 e. The van der Waals surface area contributed by atoms with Crippen LogP contribution >= 0.6 is 23.1 Å². The number of carbonyl (C=O) groups is 1. The van der Waals surface area contributed by atoms with Crippen LogP contribution in [0, 0.1) is 6.92 Å². The van der Waals surface area contributed by atoms with Crippen molar-refractivity contribution >= 4 is 34.7 Å². The van der Waals surface area contributed by atoms with Crippen LogP contribution in [0.5, 0.6) is 0 Å². The molecule has 0 fully saturated rings. The van der Waals surface area contributed by atoms with Gasteiger partial charge in [0.05, 0.1) is 10.7 Å². The molecule has 0 aliphatic heterocycles. The third-order valence-electron chi connectivity index (χ3n) is 3.25. The average Bonchev–Trinajstić information content (AvgIpc) is 2.90. The van der Waals surface area contributed by atoms with Gasteiger partial charge in [0.2, 0.25) is 5.91 Å². The van der Waals surface area contributed by atoms with E-state index in [1.807, 2.05) is 19.1 Å². The first-order chi connectivity index (χ1) is 10.5. The molecule has 118 valence electrons. The van der Waals surface area contributed by atoms with E-state index in [4.69, 9.17) is 0 Å². The van der Waals surface area contributed by atoms with Crippen molar-refractivity contribution in [2.75, 3.05) is 11.1 Å². The maximum absolute atomic E-state index is 11.9.